The van der Waals surface area contributed by atoms with E-state index in [1.54, 1.807) is 0 Å². The lowest BCUT2D eigenvalue weighted by Crippen LogP contribution is -2.17. The lowest BCUT2D eigenvalue weighted by Gasteiger charge is -2.04. The normalized spacial score (nSPS) is 26.6. The van der Waals surface area contributed by atoms with Gasteiger partial charge < -0.3 is 0 Å². The van der Waals surface area contributed by atoms with Crippen LogP contribution in [0.2, 0.25) is 0 Å². The van der Waals surface area contributed by atoms with Crippen LogP contribution in [0.1, 0.15) is 0 Å². The van der Waals surface area contributed by atoms with Crippen molar-refractivity contribution in [2.24, 2.45) is 0 Å². The van der Waals surface area contributed by atoms with E-state index >= 15 is 0 Å². The smallest absolute Gasteiger partial charge is 0.0608 e. The predicted octanol–water partition coefficient (Wildman–Crippen LogP) is 0.427. The molecule has 42 valence electrons. The number of hydrogen-bond donors (Lipinski definition) is 0. The Labute approximate surface area is 48.6 Å². The Morgan fingerprint density at radius 3 is 2.29 bits per heavy atom. The van der Waals surface area contributed by atoms with Crippen LogP contribution in [0.25, 0.3) is 0 Å². The first-order chi connectivity index (χ1) is 3.29. The zero-order valence-electron chi connectivity index (χ0n) is 4.72. The minimum Gasteiger partial charge on any atom is -0.282 e. The predicted molar refractivity (Wildman–Crippen MR) is 32.9 cm³/mol. The van der Waals surface area contributed by atoms with Crippen LogP contribution in [0.3, 0.4) is 0 Å². The SMILES string of the molecule is CN1CSN(C)C1. The molecule has 0 radical (unpaired) electrons. The van der Waals surface area contributed by atoms with Crippen LogP contribution in [-0.2, 0) is 0 Å². The first-order valence-electron chi connectivity index (χ1n) is 2.31. The summed E-state index contributed by atoms with van der Waals surface area (Å²) in [7, 11) is 4.23. The molecule has 0 aromatic rings. The van der Waals surface area contributed by atoms with Crippen LogP contribution < -0.4 is 0 Å². The summed E-state index contributed by atoms with van der Waals surface area (Å²) < 4.78 is 2.22. The van der Waals surface area contributed by atoms with Gasteiger partial charge >= 0.3 is 0 Å². The zero-order chi connectivity index (χ0) is 5.28. The first kappa shape index (κ1) is 5.41. The standard InChI is InChI=1S/C4H10N2S/c1-5-3-6(2)7-4-5/h3-4H2,1-2H3. The van der Waals surface area contributed by atoms with Crippen LogP contribution >= 0.6 is 11.9 Å². The highest BCUT2D eigenvalue weighted by Gasteiger charge is 2.11. The summed E-state index contributed by atoms with van der Waals surface area (Å²) in [5.41, 5.74) is 0. The maximum absolute atomic E-state index is 2.27. The largest absolute Gasteiger partial charge is 0.282 e. The molecule has 1 aliphatic rings. The van der Waals surface area contributed by atoms with Gasteiger partial charge in [-0.3, -0.25) is 4.90 Å². The van der Waals surface area contributed by atoms with E-state index in [1.807, 2.05) is 11.9 Å². The molecule has 1 fully saturated rings. The molecule has 0 aromatic heterocycles. The van der Waals surface area contributed by atoms with Crippen LogP contribution in [-0.4, -0.2) is 35.8 Å². The molecule has 0 aliphatic carbocycles. The van der Waals surface area contributed by atoms with Gasteiger partial charge in [0.15, 0.2) is 0 Å². The van der Waals surface area contributed by atoms with Gasteiger partial charge in [0.25, 0.3) is 0 Å². The highest BCUT2D eigenvalue weighted by Crippen LogP contribution is 2.15. The summed E-state index contributed by atoms with van der Waals surface area (Å²) in [4.78, 5) is 2.27. The summed E-state index contributed by atoms with van der Waals surface area (Å²) in [5.74, 6) is 1.15. The van der Waals surface area contributed by atoms with E-state index in [9.17, 15) is 0 Å². The molecule has 0 N–H and O–H groups in total. The van der Waals surface area contributed by atoms with Crippen molar-refractivity contribution in [2.75, 3.05) is 26.6 Å². The maximum Gasteiger partial charge on any atom is 0.0608 e. The van der Waals surface area contributed by atoms with Crippen molar-refractivity contribution in [3.63, 3.8) is 0 Å². The fourth-order valence-electron chi connectivity index (χ4n) is 0.619. The van der Waals surface area contributed by atoms with Crippen molar-refractivity contribution in [1.29, 1.82) is 0 Å². The molecule has 0 amide bonds. The summed E-state index contributed by atoms with van der Waals surface area (Å²) in [6, 6.07) is 0. The van der Waals surface area contributed by atoms with E-state index < -0.39 is 0 Å². The Kier molecular flexibility index (Phi) is 1.57. The Bertz CT molecular complexity index is 58.7. The maximum atomic E-state index is 2.27. The van der Waals surface area contributed by atoms with E-state index in [0.717, 1.165) is 12.5 Å². The fourth-order valence-corrected chi connectivity index (χ4v) is 1.37. The van der Waals surface area contributed by atoms with Gasteiger partial charge in [0.1, 0.15) is 0 Å². The average molecular weight is 118 g/mol. The van der Waals surface area contributed by atoms with Crippen molar-refractivity contribution in [1.82, 2.24) is 9.21 Å². The quantitative estimate of drug-likeness (QED) is 0.426. The van der Waals surface area contributed by atoms with E-state index in [2.05, 4.69) is 23.3 Å². The van der Waals surface area contributed by atoms with Crippen molar-refractivity contribution in [2.45, 2.75) is 0 Å². The second-order valence-electron chi connectivity index (χ2n) is 1.88. The molecule has 2 nitrogen and oxygen atoms in total. The Morgan fingerprint density at radius 1 is 1.43 bits per heavy atom. The van der Waals surface area contributed by atoms with E-state index in [0.29, 0.717) is 0 Å². The Balaban J connectivity index is 2.26. The third-order valence-electron chi connectivity index (χ3n) is 0.939. The molecule has 1 heterocycles. The second-order valence-corrected chi connectivity index (χ2v) is 3.02. The first-order valence-corrected chi connectivity index (χ1v) is 3.26. The molecule has 1 aliphatic heterocycles. The summed E-state index contributed by atoms with van der Waals surface area (Å²) in [5, 5.41) is 0. The zero-order valence-corrected chi connectivity index (χ0v) is 5.53. The molecule has 0 saturated carbocycles. The van der Waals surface area contributed by atoms with Gasteiger partial charge in [-0.15, -0.1) is 0 Å². The van der Waals surface area contributed by atoms with Gasteiger partial charge in [0, 0.05) is 0 Å². The average Bonchev–Trinajstić information content (AvgIpc) is 1.87. The number of rotatable bonds is 0. The molecule has 0 spiro atoms. The van der Waals surface area contributed by atoms with E-state index in [1.165, 1.54) is 0 Å². The van der Waals surface area contributed by atoms with Crippen molar-refractivity contribution in [3.8, 4) is 0 Å². The van der Waals surface area contributed by atoms with E-state index in [-0.39, 0.29) is 0 Å². The topological polar surface area (TPSA) is 6.48 Å². The highest BCUT2D eigenvalue weighted by atomic mass is 32.2. The molecule has 7 heavy (non-hydrogen) atoms. The molecule has 0 atom stereocenters. The third-order valence-corrected chi connectivity index (χ3v) is 2.05. The van der Waals surface area contributed by atoms with Crippen LogP contribution in [0, 0.1) is 0 Å². The lowest BCUT2D eigenvalue weighted by atomic mass is 10.9. The minimum atomic E-state index is 1.10. The molecule has 1 rings (SSSR count). The van der Waals surface area contributed by atoms with Gasteiger partial charge in [-0.25, -0.2) is 4.31 Å². The Hall–Kier alpha value is 0.270. The summed E-state index contributed by atoms with van der Waals surface area (Å²) in [6.45, 7) is 1.10. The number of nitrogens with zero attached hydrogens (tertiary/aromatic N) is 2. The van der Waals surface area contributed by atoms with Crippen molar-refractivity contribution < 1.29 is 0 Å². The Morgan fingerprint density at radius 2 is 2.14 bits per heavy atom. The van der Waals surface area contributed by atoms with Gasteiger partial charge in [0.2, 0.25) is 0 Å². The monoisotopic (exact) mass is 118 g/mol. The van der Waals surface area contributed by atoms with Gasteiger partial charge in [0.05, 0.1) is 12.5 Å². The summed E-state index contributed by atoms with van der Waals surface area (Å²) in [6.07, 6.45) is 0. The minimum absolute atomic E-state index is 1.10. The third kappa shape index (κ3) is 1.33. The fraction of sp³-hybridized carbons (Fsp3) is 1.00. The molecule has 0 bridgehead atoms. The second kappa shape index (κ2) is 2.03. The molecule has 0 unspecified atom stereocenters. The van der Waals surface area contributed by atoms with Crippen molar-refractivity contribution >= 4 is 11.9 Å². The summed E-state index contributed by atoms with van der Waals surface area (Å²) >= 11 is 1.86. The number of hydrogen-bond acceptors (Lipinski definition) is 3. The van der Waals surface area contributed by atoms with Gasteiger partial charge in [-0.1, -0.05) is 11.9 Å². The van der Waals surface area contributed by atoms with Gasteiger partial charge in [-0.05, 0) is 14.1 Å². The lowest BCUT2D eigenvalue weighted by molar-refractivity contribution is 0.337. The van der Waals surface area contributed by atoms with Gasteiger partial charge in [-0.2, -0.15) is 0 Å². The molecule has 0 aromatic carbocycles. The molecule has 1 saturated heterocycles. The van der Waals surface area contributed by atoms with Crippen LogP contribution in [0.15, 0.2) is 0 Å². The van der Waals surface area contributed by atoms with E-state index in [4.69, 9.17) is 0 Å². The molecular weight excluding hydrogens is 108 g/mol. The molecule has 3 heteroatoms. The van der Waals surface area contributed by atoms with Crippen LogP contribution in [0.5, 0.6) is 0 Å². The van der Waals surface area contributed by atoms with Crippen molar-refractivity contribution in [3.05, 3.63) is 0 Å². The molecular formula is C4H10N2S. The highest BCUT2D eigenvalue weighted by molar-refractivity contribution is 7.97. The van der Waals surface area contributed by atoms with Crippen LogP contribution in [0.4, 0.5) is 0 Å².